The van der Waals surface area contributed by atoms with Crippen molar-refractivity contribution in [2.45, 2.75) is 31.6 Å². The van der Waals surface area contributed by atoms with Gasteiger partial charge < -0.3 is 0 Å². The summed E-state index contributed by atoms with van der Waals surface area (Å²) in [6.45, 7) is 4.08. The Hall–Kier alpha value is -1.74. The Bertz CT molecular complexity index is 645. The predicted molar refractivity (Wildman–Crippen MR) is 87.2 cm³/mol. The molecule has 0 amide bonds. The molecule has 2 rings (SSSR count). The average molecular weight is 300 g/mol. The number of benzene rings is 2. The van der Waals surface area contributed by atoms with Crippen LogP contribution in [0.1, 0.15) is 34.8 Å². The zero-order chi connectivity index (χ0) is 15.2. The second kappa shape index (κ2) is 7.32. The van der Waals surface area contributed by atoms with Crippen molar-refractivity contribution >= 4 is 16.6 Å². The third-order valence-electron chi connectivity index (χ3n) is 3.33. The molecule has 110 valence electrons. The summed E-state index contributed by atoms with van der Waals surface area (Å²) in [5.74, 6) is -0.0331. The molecule has 0 fully saturated rings. The Morgan fingerprint density at radius 3 is 2.43 bits per heavy atom. The van der Waals surface area contributed by atoms with Crippen LogP contribution in [0.25, 0.3) is 0 Å². The maximum absolute atomic E-state index is 12.2. The van der Waals surface area contributed by atoms with Gasteiger partial charge in [-0.05, 0) is 36.6 Å². The lowest BCUT2D eigenvalue weighted by Crippen LogP contribution is -2.11. The summed E-state index contributed by atoms with van der Waals surface area (Å²) in [6, 6.07) is 15.1. The van der Waals surface area contributed by atoms with Crippen LogP contribution in [0, 0.1) is 6.92 Å². The van der Waals surface area contributed by atoms with Gasteiger partial charge in [-0.3, -0.25) is 9.00 Å². The number of aryl methyl sites for hydroxylation is 2. The van der Waals surface area contributed by atoms with Crippen LogP contribution in [0.5, 0.6) is 0 Å². The van der Waals surface area contributed by atoms with Crippen molar-refractivity contribution in [3.8, 4) is 0 Å². The lowest BCUT2D eigenvalue weighted by atomic mass is 10.1. The van der Waals surface area contributed by atoms with Crippen molar-refractivity contribution in [1.82, 2.24) is 0 Å². The fourth-order valence-corrected chi connectivity index (χ4v) is 3.31. The van der Waals surface area contributed by atoms with E-state index in [1.807, 2.05) is 49.4 Å². The van der Waals surface area contributed by atoms with Gasteiger partial charge in [-0.1, -0.05) is 49.7 Å². The molecule has 0 saturated heterocycles. The molecule has 0 heterocycles. The highest BCUT2D eigenvalue weighted by atomic mass is 32.2. The van der Waals surface area contributed by atoms with Gasteiger partial charge in [0.05, 0.1) is 16.6 Å². The van der Waals surface area contributed by atoms with Gasteiger partial charge in [0.25, 0.3) is 0 Å². The lowest BCUT2D eigenvalue weighted by molar-refractivity contribution is 0.102. The summed E-state index contributed by atoms with van der Waals surface area (Å²) >= 11 is 0. The standard InChI is InChI=1S/C18H20O2S/c1-3-5-15-8-10-16(11-9-15)18(19)13-21(20)17-7-4-6-14(2)12-17/h4,6-12H,3,5,13H2,1-2H3. The van der Waals surface area contributed by atoms with E-state index >= 15 is 0 Å². The van der Waals surface area contributed by atoms with E-state index < -0.39 is 10.8 Å². The Labute approximate surface area is 128 Å². The smallest absolute Gasteiger partial charge is 0.175 e. The van der Waals surface area contributed by atoms with E-state index in [0.29, 0.717) is 10.5 Å². The molecule has 0 saturated carbocycles. The van der Waals surface area contributed by atoms with Crippen LogP contribution in [0.15, 0.2) is 53.4 Å². The Balaban J connectivity index is 2.05. The van der Waals surface area contributed by atoms with Gasteiger partial charge in [0.15, 0.2) is 5.78 Å². The molecule has 2 aromatic rings. The van der Waals surface area contributed by atoms with Gasteiger partial charge in [-0.15, -0.1) is 0 Å². The molecule has 0 aliphatic rings. The number of Topliss-reactive ketones (excluding diaryl/α,β-unsaturated/α-hetero) is 1. The zero-order valence-corrected chi connectivity index (χ0v) is 13.3. The molecular weight excluding hydrogens is 280 g/mol. The SMILES string of the molecule is CCCc1ccc(C(=O)CS(=O)c2cccc(C)c2)cc1. The molecular formula is C18H20O2S. The van der Waals surface area contributed by atoms with Crippen LogP contribution in [-0.4, -0.2) is 15.7 Å². The molecule has 0 aliphatic carbocycles. The van der Waals surface area contributed by atoms with Crippen LogP contribution < -0.4 is 0 Å². The first-order chi connectivity index (χ1) is 10.1. The first kappa shape index (κ1) is 15.6. The topological polar surface area (TPSA) is 34.1 Å². The number of hydrogen-bond donors (Lipinski definition) is 0. The molecule has 2 nitrogen and oxygen atoms in total. The second-order valence-corrected chi connectivity index (χ2v) is 6.63. The number of rotatable bonds is 6. The summed E-state index contributed by atoms with van der Waals surface area (Å²) < 4.78 is 12.2. The number of carbonyl (C=O) groups is 1. The van der Waals surface area contributed by atoms with E-state index in [-0.39, 0.29) is 11.5 Å². The molecule has 0 aliphatic heterocycles. The quantitative estimate of drug-likeness (QED) is 0.757. The number of carbonyl (C=O) groups excluding carboxylic acids is 1. The van der Waals surface area contributed by atoms with E-state index in [1.165, 1.54) is 5.56 Å². The van der Waals surface area contributed by atoms with Crippen LogP contribution in [0.3, 0.4) is 0 Å². The van der Waals surface area contributed by atoms with E-state index in [1.54, 1.807) is 6.07 Å². The molecule has 0 aromatic heterocycles. The third-order valence-corrected chi connectivity index (χ3v) is 4.63. The highest BCUT2D eigenvalue weighted by Crippen LogP contribution is 2.12. The first-order valence-electron chi connectivity index (χ1n) is 7.17. The van der Waals surface area contributed by atoms with E-state index in [0.717, 1.165) is 18.4 Å². The second-order valence-electron chi connectivity index (χ2n) is 5.18. The molecule has 2 aromatic carbocycles. The number of hydrogen-bond acceptors (Lipinski definition) is 2. The molecule has 0 radical (unpaired) electrons. The van der Waals surface area contributed by atoms with E-state index in [2.05, 4.69) is 6.92 Å². The first-order valence-corrected chi connectivity index (χ1v) is 8.49. The summed E-state index contributed by atoms with van der Waals surface area (Å²) in [7, 11) is -1.28. The fraction of sp³-hybridized carbons (Fsp3) is 0.278. The fourth-order valence-electron chi connectivity index (χ4n) is 2.19. The van der Waals surface area contributed by atoms with Crippen molar-refractivity contribution in [3.05, 3.63) is 65.2 Å². The van der Waals surface area contributed by atoms with Crippen molar-refractivity contribution in [1.29, 1.82) is 0 Å². The van der Waals surface area contributed by atoms with Crippen LogP contribution in [0.4, 0.5) is 0 Å². The van der Waals surface area contributed by atoms with Crippen LogP contribution in [-0.2, 0) is 17.2 Å². The molecule has 0 N–H and O–H groups in total. The van der Waals surface area contributed by atoms with E-state index in [9.17, 15) is 9.00 Å². The zero-order valence-electron chi connectivity index (χ0n) is 12.5. The predicted octanol–water partition coefficient (Wildman–Crippen LogP) is 3.94. The number of ketones is 1. The third kappa shape index (κ3) is 4.36. The van der Waals surface area contributed by atoms with Gasteiger partial charge in [-0.25, -0.2) is 0 Å². The van der Waals surface area contributed by atoms with Crippen molar-refractivity contribution < 1.29 is 9.00 Å². The minimum Gasteiger partial charge on any atom is -0.293 e. The largest absolute Gasteiger partial charge is 0.293 e. The van der Waals surface area contributed by atoms with E-state index in [4.69, 9.17) is 0 Å². The van der Waals surface area contributed by atoms with Gasteiger partial charge in [0, 0.05) is 10.5 Å². The summed E-state index contributed by atoms with van der Waals surface area (Å²) in [4.78, 5) is 12.9. The van der Waals surface area contributed by atoms with Gasteiger partial charge in [-0.2, -0.15) is 0 Å². The molecule has 0 bridgehead atoms. The summed E-state index contributed by atoms with van der Waals surface area (Å²) in [6.07, 6.45) is 2.11. The summed E-state index contributed by atoms with van der Waals surface area (Å²) in [5.41, 5.74) is 2.92. The normalized spacial score (nSPS) is 12.1. The monoisotopic (exact) mass is 300 g/mol. The molecule has 3 heteroatoms. The molecule has 1 unspecified atom stereocenters. The van der Waals surface area contributed by atoms with Crippen molar-refractivity contribution in [2.75, 3.05) is 5.75 Å². The lowest BCUT2D eigenvalue weighted by Gasteiger charge is -2.04. The average Bonchev–Trinajstić information content (AvgIpc) is 2.48. The highest BCUT2D eigenvalue weighted by Gasteiger charge is 2.12. The van der Waals surface area contributed by atoms with Gasteiger partial charge in [0.2, 0.25) is 0 Å². The Morgan fingerprint density at radius 2 is 1.81 bits per heavy atom. The minimum atomic E-state index is -1.28. The van der Waals surface area contributed by atoms with Crippen LogP contribution in [0.2, 0.25) is 0 Å². The minimum absolute atomic E-state index is 0.0383. The van der Waals surface area contributed by atoms with Gasteiger partial charge in [0.1, 0.15) is 0 Å². The van der Waals surface area contributed by atoms with Crippen molar-refractivity contribution in [2.24, 2.45) is 0 Å². The Morgan fingerprint density at radius 1 is 1.10 bits per heavy atom. The Kier molecular flexibility index (Phi) is 5.45. The maximum atomic E-state index is 12.2. The maximum Gasteiger partial charge on any atom is 0.175 e. The van der Waals surface area contributed by atoms with Gasteiger partial charge >= 0.3 is 0 Å². The molecule has 1 atom stereocenters. The highest BCUT2D eigenvalue weighted by molar-refractivity contribution is 7.85. The molecule has 0 spiro atoms. The van der Waals surface area contributed by atoms with Crippen LogP contribution >= 0.6 is 0 Å². The summed E-state index contributed by atoms with van der Waals surface area (Å²) in [5, 5.41) is 0. The van der Waals surface area contributed by atoms with Crippen molar-refractivity contribution in [3.63, 3.8) is 0 Å². The molecule has 21 heavy (non-hydrogen) atoms.